The maximum Gasteiger partial charge on any atom is 0.261 e. The van der Waals surface area contributed by atoms with Crippen LogP contribution in [0.2, 0.25) is 0 Å². The summed E-state index contributed by atoms with van der Waals surface area (Å²) in [6.07, 6.45) is 5.02. The van der Waals surface area contributed by atoms with Gasteiger partial charge in [0.15, 0.2) is 23.0 Å². The summed E-state index contributed by atoms with van der Waals surface area (Å²) in [7, 11) is 3.05. The highest BCUT2D eigenvalue weighted by Gasteiger charge is 2.38. The third-order valence-corrected chi connectivity index (χ3v) is 10.1. The number of aliphatic imine (C=N–C) groups is 2. The zero-order valence-corrected chi connectivity index (χ0v) is 29.0. The second kappa shape index (κ2) is 12.9. The fourth-order valence-electron chi connectivity index (χ4n) is 7.61. The Balaban J connectivity index is 0.924. The first kappa shape index (κ1) is 32.3. The molecular formula is C42H34N4O7. The first-order valence-electron chi connectivity index (χ1n) is 17.3. The number of benzene rings is 5. The molecule has 5 aromatic carbocycles. The number of phenols is 1. The van der Waals surface area contributed by atoms with Crippen LogP contribution < -0.4 is 28.7 Å². The number of anilines is 2. The van der Waals surface area contributed by atoms with Gasteiger partial charge in [0.2, 0.25) is 0 Å². The number of amides is 2. The molecule has 4 aliphatic rings. The largest absolute Gasteiger partial charge is 0.508 e. The fraction of sp³-hybridized carbons (Fsp3) is 0.190. The molecule has 0 saturated heterocycles. The third-order valence-electron chi connectivity index (χ3n) is 10.1. The lowest BCUT2D eigenvalue weighted by Gasteiger charge is -2.22. The van der Waals surface area contributed by atoms with E-state index in [1.807, 2.05) is 67.0 Å². The molecule has 5 aromatic rings. The number of nitrogens with zero attached hydrogens (tertiary/aromatic N) is 4. The van der Waals surface area contributed by atoms with Crippen LogP contribution in [0.5, 0.6) is 28.7 Å². The van der Waals surface area contributed by atoms with Gasteiger partial charge in [0.25, 0.3) is 11.8 Å². The van der Waals surface area contributed by atoms with Crippen LogP contribution in [0.4, 0.5) is 22.7 Å². The number of phenolic OH excluding ortho intramolecular Hbond substituents is 1. The number of methoxy groups -OCH3 is 2. The van der Waals surface area contributed by atoms with Crippen LogP contribution in [0.1, 0.15) is 43.0 Å². The summed E-state index contributed by atoms with van der Waals surface area (Å²) in [4.78, 5) is 40.5. The van der Waals surface area contributed by atoms with Crippen LogP contribution in [0, 0.1) is 0 Å². The molecule has 11 heteroatoms. The molecule has 4 heterocycles. The van der Waals surface area contributed by atoms with Crippen molar-refractivity contribution < 1.29 is 33.6 Å². The van der Waals surface area contributed by atoms with Gasteiger partial charge < -0.3 is 24.1 Å². The normalized spacial score (nSPS) is 17.5. The van der Waals surface area contributed by atoms with Crippen LogP contribution in [0.25, 0.3) is 0 Å². The number of carbonyl (C=O) groups is 2. The second-order valence-corrected chi connectivity index (χ2v) is 13.3. The molecule has 0 bridgehead atoms. The van der Waals surface area contributed by atoms with E-state index >= 15 is 0 Å². The summed E-state index contributed by atoms with van der Waals surface area (Å²) in [5, 5.41) is 10.6. The lowest BCUT2D eigenvalue weighted by atomic mass is 10.1. The smallest absolute Gasteiger partial charge is 0.261 e. The molecule has 1 N–H and O–H groups in total. The molecule has 0 fully saturated rings. The van der Waals surface area contributed by atoms with Crippen molar-refractivity contribution in [3.05, 3.63) is 124 Å². The number of ether oxygens (including phenoxy) is 4. The molecule has 2 unspecified atom stereocenters. The predicted octanol–water partition coefficient (Wildman–Crippen LogP) is 7.14. The molecule has 11 nitrogen and oxygen atoms in total. The average molecular weight is 707 g/mol. The van der Waals surface area contributed by atoms with Gasteiger partial charge in [0, 0.05) is 48.8 Å². The number of hydrogen-bond acceptors (Lipinski definition) is 9. The Hall–Kier alpha value is -6.62. The van der Waals surface area contributed by atoms with Gasteiger partial charge in [-0.25, -0.2) is 0 Å². The number of fused-ring (bicyclic) bond motifs is 8. The minimum absolute atomic E-state index is 0.0413. The SMILES string of the molecule is COc1cc2c(cc1OCc1cc(O)cc(COc3cc4c(cc3OC)C(=O)N3c5ccccc5CC3C=N4)c1)N=CC1Cc3ccccc3N1C2=O. The molecule has 0 aliphatic carbocycles. The van der Waals surface area contributed by atoms with Gasteiger partial charge in [-0.1, -0.05) is 36.4 Å². The second-order valence-electron chi connectivity index (χ2n) is 13.3. The highest BCUT2D eigenvalue weighted by molar-refractivity contribution is 6.15. The van der Waals surface area contributed by atoms with Crippen LogP contribution >= 0.6 is 0 Å². The predicted molar refractivity (Wildman–Crippen MR) is 201 cm³/mol. The molecule has 2 atom stereocenters. The minimum atomic E-state index is -0.174. The molecule has 0 aromatic heterocycles. The summed E-state index contributed by atoms with van der Waals surface area (Å²) >= 11 is 0. The molecule has 0 spiro atoms. The molecular weight excluding hydrogens is 672 g/mol. The molecule has 0 radical (unpaired) electrons. The zero-order valence-electron chi connectivity index (χ0n) is 29.0. The molecule has 53 heavy (non-hydrogen) atoms. The average Bonchev–Trinajstić information content (AvgIpc) is 3.67. The van der Waals surface area contributed by atoms with E-state index in [4.69, 9.17) is 18.9 Å². The maximum atomic E-state index is 13.8. The van der Waals surface area contributed by atoms with E-state index in [1.165, 1.54) is 14.2 Å². The van der Waals surface area contributed by atoms with Crippen molar-refractivity contribution in [2.75, 3.05) is 24.0 Å². The molecule has 0 saturated carbocycles. The van der Waals surface area contributed by atoms with Gasteiger partial charge in [0.05, 0.1) is 48.8 Å². The Morgan fingerprint density at radius 2 is 1.08 bits per heavy atom. The van der Waals surface area contributed by atoms with Crippen molar-refractivity contribution in [2.24, 2.45) is 9.98 Å². The van der Waals surface area contributed by atoms with Gasteiger partial charge in [-0.3, -0.25) is 29.4 Å². The molecule has 9 rings (SSSR count). The third kappa shape index (κ3) is 5.61. The Labute approximate surface area is 305 Å². The van der Waals surface area contributed by atoms with E-state index in [-0.39, 0.29) is 42.9 Å². The van der Waals surface area contributed by atoms with E-state index < -0.39 is 0 Å². The lowest BCUT2D eigenvalue weighted by Crippen LogP contribution is -2.37. The first-order chi connectivity index (χ1) is 25.9. The molecule has 2 amide bonds. The zero-order chi connectivity index (χ0) is 36.2. The van der Waals surface area contributed by atoms with Crippen molar-refractivity contribution in [1.82, 2.24) is 0 Å². The van der Waals surface area contributed by atoms with Crippen molar-refractivity contribution in [3.8, 4) is 28.7 Å². The topological polar surface area (TPSA) is 122 Å². The van der Waals surface area contributed by atoms with Gasteiger partial charge in [-0.15, -0.1) is 0 Å². The minimum Gasteiger partial charge on any atom is -0.508 e. The van der Waals surface area contributed by atoms with E-state index in [9.17, 15) is 14.7 Å². The van der Waals surface area contributed by atoms with Crippen molar-refractivity contribution in [1.29, 1.82) is 0 Å². The van der Waals surface area contributed by atoms with Crippen molar-refractivity contribution in [3.63, 3.8) is 0 Å². The number of rotatable bonds is 8. The Morgan fingerprint density at radius 1 is 0.623 bits per heavy atom. The first-order valence-corrected chi connectivity index (χ1v) is 17.3. The summed E-state index contributed by atoms with van der Waals surface area (Å²) in [6, 6.07) is 27.3. The highest BCUT2D eigenvalue weighted by Crippen LogP contribution is 2.43. The fourth-order valence-corrected chi connectivity index (χ4v) is 7.61. The van der Waals surface area contributed by atoms with Gasteiger partial charge >= 0.3 is 0 Å². The Morgan fingerprint density at radius 3 is 1.53 bits per heavy atom. The van der Waals surface area contributed by atoms with E-state index in [2.05, 4.69) is 9.98 Å². The monoisotopic (exact) mass is 706 g/mol. The highest BCUT2D eigenvalue weighted by atomic mass is 16.5. The molecule has 4 aliphatic heterocycles. The summed E-state index contributed by atoms with van der Waals surface area (Å²) in [6.45, 7) is 0.187. The van der Waals surface area contributed by atoms with Crippen molar-refractivity contribution >= 4 is 47.0 Å². The Bertz CT molecular complexity index is 2230. The van der Waals surface area contributed by atoms with Gasteiger partial charge in [0.1, 0.15) is 19.0 Å². The summed E-state index contributed by atoms with van der Waals surface area (Å²) < 4.78 is 23.7. The standard InChI is InChI=1S/C42H34N4O7/c1-50-37-16-31-33(43-20-28-14-26-7-3-5-9-35(26)45(28)41(31)48)18-39(37)52-22-24-11-25(13-30(47)12-24)23-53-40-19-34-32(17-38(40)51-2)42(49)46-29(21-44-34)15-27-8-4-6-10-36(27)46/h3-13,16-21,28-29,47H,14-15,22-23H2,1-2H3. The van der Waals surface area contributed by atoms with Crippen molar-refractivity contribution in [2.45, 2.75) is 38.1 Å². The Kier molecular flexibility index (Phi) is 7.83. The number of carbonyl (C=O) groups excluding carboxylic acids is 2. The number of aromatic hydroxyl groups is 1. The summed E-state index contributed by atoms with van der Waals surface area (Å²) in [5.74, 6) is 1.35. The number of hydrogen-bond donors (Lipinski definition) is 1. The van der Waals surface area contributed by atoms with E-state index in [0.29, 0.717) is 69.5 Å². The lowest BCUT2D eigenvalue weighted by molar-refractivity contribution is 0.0978. The van der Waals surface area contributed by atoms with E-state index in [0.717, 1.165) is 22.5 Å². The quantitative estimate of drug-likeness (QED) is 0.182. The van der Waals surface area contributed by atoms with Crippen LogP contribution in [-0.4, -0.2) is 55.7 Å². The number of para-hydroxylation sites is 2. The van der Waals surface area contributed by atoms with Gasteiger partial charge in [-0.05, 0) is 64.7 Å². The summed E-state index contributed by atoms with van der Waals surface area (Å²) in [5.41, 5.74) is 7.20. The van der Waals surface area contributed by atoms with Gasteiger partial charge in [-0.2, -0.15) is 0 Å². The maximum absolute atomic E-state index is 13.8. The van der Waals surface area contributed by atoms with E-state index in [1.54, 1.807) is 46.2 Å². The van der Waals surface area contributed by atoms with Crippen LogP contribution in [0.15, 0.2) is 101 Å². The molecule has 264 valence electrons. The van der Waals surface area contributed by atoms with Crippen LogP contribution in [-0.2, 0) is 26.1 Å². The van der Waals surface area contributed by atoms with Crippen LogP contribution in [0.3, 0.4) is 0 Å².